The molecule has 2 unspecified atom stereocenters. The van der Waals surface area contributed by atoms with Crippen LogP contribution in [0.4, 0.5) is 18.9 Å². The largest absolute Gasteiger partial charge is 0.573 e. The summed E-state index contributed by atoms with van der Waals surface area (Å²) in [6, 6.07) is 12.0. The van der Waals surface area contributed by atoms with Crippen molar-refractivity contribution in [2.75, 3.05) is 44.2 Å². The number of aryl methyl sites for hydroxylation is 1. The van der Waals surface area contributed by atoms with Crippen molar-refractivity contribution in [3.8, 4) is 17.1 Å². The number of rotatable bonds is 8. The number of aromatic nitrogens is 2. The molecule has 0 bridgehead atoms. The molecule has 0 radical (unpaired) electrons. The Morgan fingerprint density at radius 1 is 1.07 bits per heavy atom. The Balaban J connectivity index is 1.19. The van der Waals surface area contributed by atoms with Crippen LogP contribution >= 0.6 is 0 Å². The van der Waals surface area contributed by atoms with E-state index in [2.05, 4.69) is 14.9 Å². The number of ether oxygens (including phenoxy) is 2. The van der Waals surface area contributed by atoms with Crippen LogP contribution in [0.3, 0.4) is 0 Å². The highest BCUT2D eigenvalue weighted by Gasteiger charge is 2.38. The molecule has 2 aliphatic rings. The maximum absolute atomic E-state index is 13.1. The summed E-state index contributed by atoms with van der Waals surface area (Å²) in [5, 5.41) is 3.90. The predicted octanol–water partition coefficient (Wildman–Crippen LogP) is 2.68. The molecule has 2 saturated heterocycles. The molecular formula is C25H26F3N5O6S. The van der Waals surface area contributed by atoms with Crippen molar-refractivity contribution in [3.63, 3.8) is 0 Å². The number of hydrogen-bond acceptors (Lipinski definition) is 10. The van der Waals surface area contributed by atoms with Crippen LogP contribution in [0.25, 0.3) is 11.4 Å². The van der Waals surface area contributed by atoms with Gasteiger partial charge in [-0.25, -0.2) is 8.42 Å². The normalized spacial score (nSPS) is 21.1. The quantitative estimate of drug-likeness (QED) is 0.368. The third-order valence-corrected chi connectivity index (χ3v) is 8.56. The van der Waals surface area contributed by atoms with E-state index in [1.165, 1.54) is 12.1 Å². The summed E-state index contributed by atoms with van der Waals surface area (Å²) in [4.78, 5) is 19.3. The summed E-state index contributed by atoms with van der Waals surface area (Å²) in [6.45, 7) is 3.42. The highest BCUT2D eigenvalue weighted by Crippen LogP contribution is 2.32. The van der Waals surface area contributed by atoms with Crippen LogP contribution in [0.1, 0.15) is 5.89 Å². The maximum Gasteiger partial charge on any atom is 0.573 e. The van der Waals surface area contributed by atoms with Crippen LogP contribution in [0.15, 0.2) is 57.9 Å². The minimum Gasteiger partial charge on any atom is -0.404 e. The van der Waals surface area contributed by atoms with Crippen LogP contribution in [-0.4, -0.2) is 92.0 Å². The first-order valence-corrected chi connectivity index (χ1v) is 13.8. The molecule has 2 atom stereocenters. The molecule has 2 aliphatic heterocycles. The van der Waals surface area contributed by atoms with Crippen LogP contribution in [-0.2, 0) is 19.6 Å². The molecule has 0 aliphatic carbocycles. The first-order valence-electron chi connectivity index (χ1n) is 12.4. The Bertz CT molecular complexity index is 1440. The van der Waals surface area contributed by atoms with Crippen molar-refractivity contribution in [2.45, 2.75) is 30.5 Å². The first kappa shape index (κ1) is 28.0. The summed E-state index contributed by atoms with van der Waals surface area (Å²) in [6.07, 6.45) is -5.40. The van der Waals surface area contributed by atoms with E-state index >= 15 is 0 Å². The van der Waals surface area contributed by atoms with E-state index in [-0.39, 0.29) is 19.2 Å². The highest BCUT2D eigenvalue weighted by atomic mass is 32.2. The number of hydrogen-bond donors (Lipinski definition) is 0. The van der Waals surface area contributed by atoms with Gasteiger partial charge in [0.25, 0.3) is 0 Å². The topological polar surface area (TPSA) is 118 Å². The molecule has 15 heteroatoms. The second-order valence-electron chi connectivity index (χ2n) is 9.32. The molecule has 5 rings (SSSR count). The molecule has 40 heavy (non-hydrogen) atoms. The molecule has 1 aromatic heterocycles. The van der Waals surface area contributed by atoms with Gasteiger partial charge in [0.2, 0.25) is 21.7 Å². The summed E-state index contributed by atoms with van der Waals surface area (Å²) in [5.74, 6) is 0.149. The zero-order valence-corrected chi connectivity index (χ0v) is 22.1. The van der Waals surface area contributed by atoms with E-state index in [1.54, 1.807) is 6.92 Å². The Morgan fingerprint density at radius 2 is 1.77 bits per heavy atom. The number of sulfonamides is 1. The van der Waals surface area contributed by atoms with E-state index in [4.69, 9.17) is 9.26 Å². The average Bonchev–Trinajstić information content (AvgIpc) is 3.54. The number of aldehydes is 1. The molecule has 0 spiro atoms. The predicted molar refractivity (Wildman–Crippen MR) is 135 cm³/mol. The first-order chi connectivity index (χ1) is 19.0. The molecule has 214 valence electrons. The van der Waals surface area contributed by atoms with Crippen LogP contribution in [0, 0.1) is 6.92 Å². The van der Waals surface area contributed by atoms with Crippen LogP contribution in [0.5, 0.6) is 5.75 Å². The fourth-order valence-corrected chi connectivity index (χ4v) is 6.30. The van der Waals surface area contributed by atoms with E-state index in [0.717, 1.165) is 34.0 Å². The van der Waals surface area contributed by atoms with Gasteiger partial charge in [0.1, 0.15) is 10.6 Å². The summed E-state index contributed by atoms with van der Waals surface area (Å²) < 4.78 is 80.7. The Labute approximate surface area is 228 Å². The Hall–Kier alpha value is -3.53. The number of benzene rings is 2. The maximum atomic E-state index is 13.1. The number of para-hydroxylation sites is 1. The zero-order valence-electron chi connectivity index (χ0n) is 21.3. The van der Waals surface area contributed by atoms with Crippen molar-refractivity contribution in [2.24, 2.45) is 0 Å². The second-order valence-corrected chi connectivity index (χ2v) is 11.2. The summed E-state index contributed by atoms with van der Waals surface area (Å²) >= 11 is 0. The number of carbonyl (C=O) groups is 1. The summed E-state index contributed by atoms with van der Waals surface area (Å²) in [5.41, 5.74) is 1.54. The van der Waals surface area contributed by atoms with Gasteiger partial charge < -0.3 is 18.9 Å². The fraction of sp³-hybridized carbons (Fsp3) is 0.400. The van der Waals surface area contributed by atoms with E-state index in [9.17, 15) is 26.4 Å². The van der Waals surface area contributed by atoms with Gasteiger partial charge in [-0.1, -0.05) is 17.3 Å². The van der Waals surface area contributed by atoms with Crippen molar-refractivity contribution >= 4 is 22.0 Å². The number of piperazine rings is 1. The molecular weight excluding hydrogens is 555 g/mol. The lowest BCUT2D eigenvalue weighted by atomic mass is 10.1. The summed E-state index contributed by atoms with van der Waals surface area (Å²) in [7, 11) is -4.21. The van der Waals surface area contributed by atoms with Gasteiger partial charge in [0.15, 0.2) is 12.5 Å². The lowest BCUT2D eigenvalue weighted by molar-refractivity contribution is -0.275. The smallest absolute Gasteiger partial charge is 0.404 e. The molecule has 3 aromatic rings. The van der Waals surface area contributed by atoms with Gasteiger partial charge in [-0.3, -0.25) is 9.69 Å². The van der Waals surface area contributed by atoms with E-state index in [0.29, 0.717) is 37.9 Å². The average molecular weight is 582 g/mol. The molecule has 0 N–H and O–H groups in total. The SMILES string of the molecule is Cc1nc(-c2ccc(N3CC(CN4CCN(S(=O)(=O)c5ccccc5OC(F)(F)F)CC4)OC3C=O)cc2)no1. The second kappa shape index (κ2) is 11.2. The standard InChI is InChI=1S/C25H26F3N5O6S/c1-17-29-24(30-39-17)18-6-8-19(9-7-18)33-15-20(37-23(33)16-34)14-31-10-12-32(13-11-31)40(35,36)22-5-3-2-4-21(22)38-25(26,27)28/h2-9,16,20,23H,10-15H2,1H3. The lowest BCUT2D eigenvalue weighted by Gasteiger charge is -2.35. The Kier molecular flexibility index (Phi) is 7.81. The minimum absolute atomic E-state index is 0.0766. The van der Waals surface area contributed by atoms with Gasteiger partial charge >= 0.3 is 6.36 Å². The van der Waals surface area contributed by atoms with Gasteiger partial charge in [0, 0.05) is 57.4 Å². The molecule has 0 amide bonds. The zero-order chi connectivity index (χ0) is 28.5. The third-order valence-electron chi connectivity index (χ3n) is 6.63. The number of nitrogens with zero attached hydrogens (tertiary/aromatic N) is 5. The van der Waals surface area contributed by atoms with Crippen molar-refractivity contribution < 1.29 is 40.4 Å². The number of alkyl halides is 3. The van der Waals surface area contributed by atoms with Crippen molar-refractivity contribution in [1.29, 1.82) is 0 Å². The number of carbonyl (C=O) groups excluding carboxylic acids is 1. The van der Waals surface area contributed by atoms with Crippen molar-refractivity contribution in [1.82, 2.24) is 19.3 Å². The van der Waals surface area contributed by atoms with Crippen LogP contribution < -0.4 is 9.64 Å². The molecule has 2 fully saturated rings. The fourth-order valence-electron chi connectivity index (χ4n) is 4.77. The van der Waals surface area contributed by atoms with Crippen LogP contribution in [0.2, 0.25) is 0 Å². The number of anilines is 1. The van der Waals surface area contributed by atoms with Gasteiger partial charge in [0.05, 0.1) is 6.10 Å². The molecule has 0 saturated carbocycles. The Morgan fingerprint density at radius 3 is 2.40 bits per heavy atom. The lowest BCUT2D eigenvalue weighted by Crippen LogP contribution is -2.50. The van der Waals surface area contributed by atoms with E-state index < -0.39 is 33.3 Å². The monoisotopic (exact) mass is 581 g/mol. The van der Waals surface area contributed by atoms with Crippen molar-refractivity contribution in [3.05, 3.63) is 54.4 Å². The molecule has 11 nitrogen and oxygen atoms in total. The van der Waals surface area contributed by atoms with Gasteiger partial charge in [-0.15, -0.1) is 13.2 Å². The molecule has 2 aromatic carbocycles. The highest BCUT2D eigenvalue weighted by molar-refractivity contribution is 7.89. The third kappa shape index (κ3) is 6.11. The van der Waals surface area contributed by atoms with Gasteiger partial charge in [-0.2, -0.15) is 9.29 Å². The van der Waals surface area contributed by atoms with E-state index in [1.807, 2.05) is 34.1 Å². The molecule has 3 heterocycles. The minimum atomic E-state index is -5.02. The van der Waals surface area contributed by atoms with Gasteiger partial charge in [-0.05, 0) is 36.4 Å². The number of halogens is 3.